The van der Waals surface area contributed by atoms with Crippen molar-refractivity contribution in [2.75, 3.05) is 12.3 Å². The molecule has 1 aliphatic heterocycles. The number of nitrogens with two attached hydrogens (primary N) is 1. The number of anilines is 1. The van der Waals surface area contributed by atoms with Gasteiger partial charge in [-0.15, -0.1) is 0 Å². The van der Waals surface area contributed by atoms with Gasteiger partial charge in [-0.2, -0.15) is 4.98 Å². The lowest BCUT2D eigenvalue weighted by atomic mass is 10.2. The fourth-order valence-electron chi connectivity index (χ4n) is 2.22. The molecule has 2 heterocycles. The highest BCUT2D eigenvalue weighted by Crippen LogP contribution is 2.30. The van der Waals surface area contributed by atoms with Crippen molar-refractivity contribution in [3.8, 4) is 0 Å². The number of nitrogens with zero attached hydrogens (tertiary/aromatic N) is 2. The van der Waals surface area contributed by atoms with Gasteiger partial charge >= 0.3 is 17.6 Å². The zero-order chi connectivity index (χ0) is 17.1. The summed E-state index contributed by atoms with van der Waals surface area (Å²) in [6.45, 7) is 2.27. The number of carbonyl (C=O) groups is 2. The molecule has 126 valence electrons. The highest BCUT2D eigenvalue weighted by molar-refractivity contribution is 5.66. The molecule has 0 radical (unpaired) electrons. The molecule has 1 aromatic heterocycles. The number of nitrogen functional groups attached to an aromatic ring is 1. The van der Waals surface area contributed by atoms with Crippen LogP contribution in [0.1, 0.15) is 26.5 Å². The zero-order valence-electron chi connectivity index (χ0n) is 12.5. The van der Waals surface area contributed by atoms with Gasteiger partial charge < -0.3 is 19.9 Å². The number of aromatic nitrogens is 2. The van der Waals surface area contributed by atoms with Crippen molar-refractivity contribution in [2.45, 2.75) is 38.7 Å². The van der Waals surface area contributed by atoms with Crippen molar-refractivity contribution in [2.24, 2.45) is 0 Å². The second-order valence-corrected chi connectivity index (χ2v) is 4.98. The van der Waals surface area contributed by atoms with Crippen LogP contribution in [0, 0.1) is 5.82 Å². The van der Waals surface area contributed by atoms with Crippen LogP contribution in [-0.4, -0.2) is 40.3 Å². The summed E-state index contributed by atoms with van der Waals surface area (Å²) in [5.41, 5.74) is 4.42. The maximum absolute atomic E-state index is 13.5. The van der Waals surface area contributed by atoms with Crippen molar-refractivity contribution in [1.29, 1.82) is 0 Å². The van der Waals surface area contributed by atoms with Crippen molar-refractivity contribution >= 4 is 17.8 Å². The summed E-state index contributed by atoms with van der Waals surface area (Å²) in [5, 5.41) is 0. The Morgan fingerprint density at radius 1 is 1.48 bits per heavy atom. The van der Waals surface area contributed by atoms with Crippen LogP contribution in [0.3, 0.4) is 0 Å². The molecule has 1 fully saturated rings. The van der Waals surface area contributed by atoms with E-state index < -0.39 is 47.7 Å². The Hall–Kier alpha value is -2.49. The molecule has 0 saturated carbocycles. The van der Waals surface area contributed by atoms with Crippen molar-refractivity contribution in [3.63, 3.8) is 0 Å². The first-order valence-corrected chi connectivity index (χ1v) is 6.78. The van der Waals surface area contributed by atoms with Gasteiger partial charge in [-0.05, 0) is 0 Å². The monoisotopic (exact) mass is 329 g/mol. The first-order valence-electron chi connectivity index (χ1n) is 6.78. The number of ether oxygens (including phenoxy) is 3. The van der Waals surface area contributed by atoms with E-state index in [1.165, 1.54) is 13.8 Å². The summed E-state index contributed by atoms with van der Waals surface area (Å²) >= 11 is 0. The normalized spacial score (nSPS) is 23.5. The fraction of sp³-hybridized carbons (Fsp3) is 0.538. The van der Waals surface area contributed by atoms with E-state index in [0.29, 0.717) is 0 Å². The lowest BCUT2D eigenvalue weighted by Crippen LogP contribution is -2.31. The maximum Gasteiger partial charge on any atom is 0.351 e. The highest BCUT2D eigenvalue weighted by Gasteiger charge is 2.39. The molecule has 2 rings (SSSR count). The number of hydrogen-bond acceptors (Lipinski definition) is 8. The molecule has 0 aliphatic carbocycles. The van der Waals surface area contributed by atoms with Crippen molar-refractivity contribution in [1.82, 2.24) is 9.55 Å². The van der Waals surface area contributed by atoms with E-state index in [1.54, 1.807) is 0 Å². The average molecular weight is 329 g/mol. The second kappa shape index (κ2) is 6.73. The minimum atomic E-state index is -0.921. The van der Waals surface area contributed by atoms with E-state index in [0.717, 1.165) is 10.8 Å². The van der Waals surface area contributed by atoms with E-state index in [2.05, 4.69) is 4.98 Å². The topological polar surface area (TPSA) is 123 Å². The van der Waals surface area contributed by atoms with Gasteiger partial charge in [0, 0.05) is 20.3 Å². The van der Waals surface area contributed by atoms with Crippen LogP contribution >= 0.6 is 0 Å². The number of esters is 2. The summed E-state index contributed by atoms with van der Waals surface area (Å²) in [5.74, 6) is -2.48. The molecule has 1 aromatic rings. The van der Waals surface area contributed by atoms with Gasteiger partial charge in [0.05, 0.1) is 6.20 Å². The molecular formula is C13H16FN3O6. The van der Waals surface area contributed by atoms with Crippen LogP contribution in [0.5, 0.6) is 0 Å². The SMILES string of the molecule is CC(=O)OC[C@H]1O[C@@H](n2cc(F)c(N)nc2=O)CC1OC(C)=O. The Kier molecular flexibility index (Phi) is 4.94. The summed E-state index contributed by atoms with van der Waals surface area (Å²) in [6.07, 6.45) is -1.50. The molecule has 10 heteroatoms. The van der Waals surface area contributed by atoms with E-state index in [4.69, 9.17) is 19.9 Å². The summed E-state index contributed by atoms with van der Waals surface area (Å²) in [6, 6.07) is 0. The van der Waals surface area contributed by atoms with Crippen LogP contribution in [0.25, 0.3) is 0 Å². The first kappa shape index (κ1) is 16.9. The fourth-order valence-corrected chi connectivity index (χ4v) is 2.22. The van der Waals surface area contributed by atoms with E-state index in [1.807, 2.05) is 0 Å². The molecule has 0 bridgehead atoms. The average Bonchev–Trinajstić information content (AvgIpc) is 2.82. The van der Waals surface area contributed by atoms with Crippen LogP contribution in [0.4, 0.5) is 10.2 Å². The number of halogens is 1. The van der Waals surface area contributed by atoms with Crippen LogP contribution < -0.4 is 11.4 Å². The Bertz CT molecular complexity index is 676. The minimum absolute atomic E-state index is 0.0798. The largest absolute Gasteiger partial charge is 0.463 e. The van der Waals surface area contributed by atoms with Gasteiger partial charge in [0.1, 0.15) is 25.0 Å². The van der Waals surface area contributed by atoms with Gasteiger partial charge in [-0.25, -0.2) is 9.18 Å². The molecule has 3 atom stereocenters. The smallest absolute Gasteiger partial charge is 0.351 e. The summed E-state index contributed by atoms with van der Waals surface area (Å²) < 4.78 is 29.9. The van der Waals surface area contributed by atoms with Crippen LogP contribution in [0.2, 0.25) is 0 Å². The molecular weight excluding hydrogens is 313 g/mol. The maximum atomic E-state index is 13.5. The Labute approximate surface area is 130 Å². The Morgan fingerprint density at radius 2 is 2.17 bits per heavy atom. The third-order valence-corrected chi connectivity index (χ3v) is 3.19. The van der Waals surface area contributed by atoms with Crippen LogP contribution in [-0.2, 0) is 23.8 Å². The standard InChI is InChI=1S/C13H16FN3O6/c1-6(18)21-5-10-9(22-7(2)19)3-11(23-10)17-4-8(14)12(15)16-13(17)20/h4,9-11H,3,5H2,1-2H3,(H2,15,16,20)/t9?,10-,11-/m1/s1. The number of hydrogen-bond donors (Lipinski definition) is 1. The van der Waals surface area contributed by atoms with Crippen molar-refractivity contribution in [3.05, 3.63) is 22.5 Å². The lowest BCUT2D eigenvalue weighted by molar-refractivity contribution is -0.155. The molecule has 0 spiro atoms. The second-order valence-electron chi connectivity index (χ2n) is 4.98. The lowest BCUT2D eigenvalue weighted by Gasteiger charge is -2.17. The molecule has 23 heavy (non-hydrogen) atoms. The highest BCUT2D eigenvalue weighted by atomic mass is 19.1. The third kappa shape index (κ3) is 4.03. The van der Waals surface area contributed by atoms with Crippen molar-refractivity contribution < 1.29 is 28.2 Å². The Morgan fingerprint density at radius 3 is 2.78 bits per heavy atom. The number of rotatable bonds is 4. The molecule has 0 aromatic carbocycles. The number of carbonyl (C=O) groups excluding carboxylic acids is 2. The zero-order valence-corrected chi connectivity index (χ0v) is 12.5. The minimum Gasteiger partial charge on any atom is -0.463 e. The van der Waals surface area contributed by atoms with E-state index >= 15 is 0 Å². The first-order chi connectivity index (χ1) is 10.8. The van der Waals surface area contributed by atoms with Gasteiger partial charge in [-0.3, -0.25) is 14.2 Å². The van der Waals surface area contributed by atoms with Gasteiger partial charge in [0.15, 0.2) is 11.6 Å². The Balaban J connectivity index is 2.21. The van der Waals surface area contributed by atoms with E-state index in [9.17, 15) is 18.8 Å². The molecule has 1 saturated heterocycles. The predicted molar refractivity (Wildman–Crippen MR) is 73.6 cm³/mol. The summed E-state index contributed by atoms with van der Waals surface area (Å²) in [4.78, 5) is 37.2. The van der Waals surface area contributed by atoms with Gasteiger partial charge in [0.25, 0.3) is 0 Å². The molecule has 0 amide bonds. The van der Waals surface area contributed by atoms with Crippen LogP contribution in [0.15, 0.2) is 11.0 Å². The molecule has 9 nitrogen and oxygen atoms in total. The van der Waals surface area contributed by atoms with Gasteiger partial charge in [-0.1, -0.05) is 0 Å². The summed E-state index contributed by atoms with van der Waals surface area (Å²) in [7, 11) is 0. The molecule has 1 unspecified atom stereocenters. The molecule has 2 N–H and O–H groups in total. The van der Waals surface area contributed by atoms with E-state index in [-0.39, 0.29) is 13.0 Å². The predicted octanol–water partition coefficient (Wildman–Crippen LogP) is -0.253. The molecule has 1 aliphatic rings. The third-order valence-electron chi connectivity index (χ3n) is 3.19. The quantitative estimate of drug-likeness (QED) is 0.750. The van der Waals surface area contributed by atoms with Gasteiger partial charge in [0.2, 0.25) is 0 Å².